The minimum atomic E-state index is -0.214. The van der Waals surface area contributed by atoms with Gasteiger partial charge < -0.3 is 15.0 Å². The van der Waals surface area contributed by atoms with Gasteiger partial charge in [-0.3, -0.25) is 4.79 Å². The topological polar surface area (TPSA) is 41.6 Å². The van der Waals surface area contributed by atoms with Crippen LogP contribution >= 0.6 is 23.2 Å². The second-order valence-electron chi connectivity index (χ2n) is 5.57. The molecule has 2 aromatic rings. The number of halogens is 2. The van der Waals surface area contributed by atoms with Gasteiger partial charge in [-0.05, 0) is 35.9 Å². The number of anilines is 1. The first kappa shape index (κ1) is 17.1. The van der Waals surface area contributed by atoms with Gasteiger partial charge >= 0.3 is 0 Å². The molecular formula is C18H18Cl2N2O2. The number of carbonyl (C=O) groups excluding carboxylic acids is 1. The molecule has 24 heavy (non-hydrogen) atoms. The Kier molecular flexibility index (Phi) is 5.61. The van der Waals surface area contributed by atoms with Gasteiger partial charge in [0.1, 0.15) is 0 Å². The fraction of sp³-hybridized carbons (Fsp3) is 0.278. The second-order valence-corrected chi connectivity index (χ2v) is 6.42. The summed E-state index contributed by atoms with van der Waals surface area (Å²) in [6, 6.07) is 13.0. The minimum Gasteiger partial charge on any atom is -0.378 e. The molecule has 6 heteroatoms. The third kappa shape index (κ3) is 4.20. The van der Waals surface area contributed by atoms with Gasteiger partial charge in [0.15, 0.2) is 0 Å². The summed E-state index contributed by atoms with van der Waals surface area (Å²) in [5, 5.41) is 3.73. The summed E-state index contributed by atoms with van der Waals surface area (Å²) in [6.07, 6.45) is 0. The zero-order valence-corrected chi connectivity index (χ0v) is 14.6. The average Bonchev–Trinajstić information content (AvgIpc) is 2.61. The Labute approximate surface area is 151 Å². The SMILES string of the molecule is O=C(NCc1ccc(N2CCOCC2)cc1)c1ccc(Cl)cc1Cl. The van der Waals surface area contributed by atoms with Crippen LogP contribution in [0.15, 0.2) is 42.5 Å². The van der Waals surface area contributed by atoms with Gasteiger partial charge in [-0.2, -0.15) is 0 Å². The van der Waals surface area contributed by atoms with Crippen LogP contribution in [0.25, 0.3) is 0 Å². The fourth-order valence-electron chi connectivity index (χ4n) is 2.60. The zero-order valence-electron chi connectivity index (χ0n) is 13.1. The number of amides is 1. The van der Waals surface area contributed by atoms with E-state index >= 15 is 0 Å². The molecule has 0 saturated carbocycles. The highest BCUT2D eigenvalue weighted by molar-refractivity contribution is 6.36. The minimum absolute atomic E-state index is 0.214. The molecule has 1 N–H and O–H groups in total. The van der Waals surface area contributed by atoms with Crippen molar-refractivity contribution in [3.05, 3.63) is 63.6 Å². The lowest BCUT2D eigenvalue weighted by molar-refractivity contribution is 0.0951. The summed E-state index contributed by atoms with van der Waals surface area (Å²) in [6.45, 7) is 3.79. The van der Waals surface area contributed by atoms with Crippen molar-refractivity contribution in [3.63, 3.8) is 0 Å². The van der Waals surface area contributed by atoms with Crippen LogP contribution in [-0.4, -0.2) is 32.2 Å². The normalized spacial score (nSPS) is 14.5. The van der Waals surface area contributed by atoms with E-state index < -0.39 is 0 Å². The van der Waals surface area contributed by atoms with Crippen molar-refractivity contribution in [2.45, 2.75) is 6.54 Å². The molecule has 1 amide bonds. The van der Waals surface area contributed by atoms with Crippen LogP contribution in [0.2, 0.25) is 10.0 Å². The number of carbonyl (C=O) groups is 1. The quantitative estimate of drug-likeness (QED) is 0.897. The van der Waals surface area contributed by atoms with Gasteiger partial charge in [0, 0.05) is 30.3 Å². The molecule has 3 rings (SSSR count). The van der Waals surface area contributed by atoms with Gasteiger partial charge in [-0.1, -0.05) is 35.3 Å². The van der Waals surface area contributed by atoms with E-state index in [1.54, 1.807) is 18.2 Å². The molecular weight excluding hydrogens is 347 g/mol. The molecule has 0 atom stereocenters. The Morgan fingerprint density at radius 1 is 1.08 bits per heavy atom. The summed E-state index contributed by atoms with van der Waals surface area (Å²) >= 11 is 11.9. The first-order valence-electron chi connectivity index (χ1n) is 7.78. The number of nitrogens with one attached hydrogen (secondary N) is 1. The first-order chi connectivity index (χ1) is 11.6. The second kappa shape index (κ2) is 7.88. The van der Waals surface area contributed by atoms with Gasteiger partial charge in [-0.15, -0.1) is 0 Å². The van der Waals surface area contributed by atoms with Crippen LogP contribution in [0.5, 0.6) is 0 Å². The standard InChI is InChI=1S/C18H18Cl2N2O2/c19-14-3-6-16(17(20)11-14)18(23)21-12-13-1-4-15(5-2-13)22-7-9-24-10-8-22/h1-6,11H,7-10,12H2,(H,21,23). The predicted octanol–water partition coefficient (Wildman–Crippen LogP) is 3.76. The van der Waals surface area contributed by atoms with E-state index in [0.29, 0.717) is 22.2 Å². The van der Waals surface area contributed by atoms with E-state index in [9.17, 15) is 4.79 Å². The molecule has 0 aliphatic carbocycles. The Morgan fingerprint density at radius 3 is 2.46 bits per heavy atom. The number of hydrogen-bond donors (Lipinski definition) is 1. The maximum absolute atomic E-state index is 12.2. The van der Waals surface area contributed by atoms with Gasteiger partial charge in [0.2, 0.25) is 0 Å². The Balaban J connectivity index is 1.59. The highest BCUT2D eigenvalue weighted by Crippen LogP contribution is 2.21. The Morgan fingerprint density at radius 2 is 1.79 bits per heavy atom. The monoisotopic (exact) mass is 364 g/mol. The van der Waals surface area contributed by atoms with Crippen molar-refractivity contribution >= 4 is 34.8 Å². The maximum atomic E-state index is 12.2. The molecule has 1 aliphatic heterocycles. The molecule has 1 fully saturated rings. The van der Waals surface area contributed by atoms with E-state index in [4.69, 9.17) is 27.9 Å². The lowest BCUT2D eigenvalue weighted by atomic mass is 10.1. The van der Waals surface area contributed by atoms with E-state index in [-0.39, 0.29) is 5.91 Å². The molecule has 1 saturated heterocycles. The maximum Gasteiger partial charge on any atom is 0.253 e. The molecule has 2 aromatic carbocycles. The summed E-state index contributed by atoms with van der Waals surface area (Å²) in [7, 11) is 0. The highest BCUT2D eigenvalue weighted by atomic mass is 35.5. The van der Waals surface area contributed by atoms with Crippen molar-refractivity contribution in [1.29, 1.82) is 0 Å². The summed E-state index contributed by atoms with van der Waals surface area (Å²) in [4.78, 5) is 14.5. The van der Waals surface area contributed by atoms with E-state index in [2.05, 4.69) is 22.3 Å². The first-order valence-corrected chi connectivity index (χ1v) is 8.54. The van der Waals surface area contributed by atoms with Crippen LogP contribution in [0.3, 0.4) is 0 Å². The van der Waals surface area contributed by atoms with Crippen molar-refractivity contribution < 1.29 is 9.53 Å². The number of benzene rings is 2. The smallest absolute Gasteiger partial charge is 0.253 e. The van der Waals surface area contributed by atoms with Crippen LogP contribution in [0, 0.1) is 0 Å². The van der Waals surface area contributed by atoms with Gasteiger partial charge in [-0.25, -0.2) is 0 Å². The van der Waals surface area contributed by atoms with Crippen molar-refractivity contribution in [3.8, 4) is 0 Å². The van der Waals surface area contributed by atoms with E-state index in [1.807, 2.05) is 12.1 Å². The van der Waals surface area contributed by atoms with E-state index in [0.717, 1.165) is 31.9 Å². The predicted molar refractivity (Wildman–Crippen MR) is 97.1 cm³/mol. The molecule has 0 spiro atoms. The number of nitrogens with zero attached hydrogens (tertiary/aromatic N) is 1. The van der Waals surface area contributed by atoms with Crippen LogP contribution in [-0.2, 0) is 11.3 Å². The number of ether oxygens (including phenoxy) is 1. The van der Waals surface area contributed by atoms with Crippen LogP contribution < -0.4 is 10.2 Å². The van der Waals surface area contributed by atoms with Gasteiger partial charge in [0.25, 0.3) is 5.91 Å². The molecule has 126 valence electrons. The molecule has 0 bridgehead atoms. The molecule has 4 nitrogen and oxygen atoms in total. The highest BCUT2D eigenvalue weighted by Gasteiger charge is 2.12. The number of rotatable bonds is 4. The van der Waals surface area contributed by atoms with Gasteiger partial charge in [0.05, 0.1) is 23.8 Å². The number of hydrogen-bond acceptors (Lipinski definition) is 3. The molecule has 0 aromatic heterocycles. The largest absolute Gasteiger partial charge is 0.378 e. The summed E-state index contributed by atoms with van der Waals surface area (Å²) in [5.74, 6) is -0.214. The van der Waals surface area contributed by atoms with Crippen LogP contribution in [0.4, 0.5) is 5.69 Å². The zero-order chi connectivity index (χ0) is 16.9. The van der Waals surface area contributed by atoms with Crippen molar-refractivity contribution in [2.24, 2.45) is 0 Å². The van der Waals surface area contributed by atoms with Crippen LogP contribution in [0.1, 0.15) is 15.9 Å². The third-order valence-electron chi connectivity index (χ3n) is 3.94. The fourth-order valence-corrected chi connectivity index (χ4v) is 3.09. The summed E-state index contributed by atoms with van der Waals surface area (Å²) < 4.78 is 5.36. The van der Waals surface area contributed by atoms with Crippen molar-refractivity contribution in [2.75, 3.05) is 31.2 Å². The van der Waals surface area contributed by atoms with E-state index in [1.165, 1.54) is 5.69 Å². The van der Waals surface area contributed by atoms with Crippen molar-refractivity contribution in [1.82, 2.24) is 5.32 Å². The molecule has 1 heterocycles. The lowest BCUT2D eigenvalue weighted by Crippen LogP contribution is -2.36. The Bertz CT molecular complexity index is 713. The summed E-state index contributed by atoms with van der Waals surface area (Å²) in [5.41, 5.74) is 2.63. The lowest BCUT2D eigenvalue weighted by Gasteiger charge is -2.28. The molecule has 0 radical (unpaired) electrons. The Hall–Kier alpha value is -1.75. The molecule has 0 unspecified atom stereocenters. The third-order valence-corrected chi connectivity index (χ3v) is 4.49. The number of morpholine rings is 1. The molecule has 1 aliphatic rings. The average molecular weight is 365 g/mol.